The van der Waals surface area contributed by atoms with Crippen LogP contribution in [0.25, 0.3) is 0 Å². The second-order valence-corrected chi connectivity index (χ2v) is 7.23. The van der Waals surface area contributed by atoms with Gasteiger partial charge in [0.2, 0.25) is 0 Å². The lowest BCUT2D eigenvalue weighted by atomic mass is 10.2. The topological polar surface area (TPSA) is 42.5 Å². The van der Waals surface area contributed by atoms with E-state index < -0.39 is 0 Å². The number of halogens is 3. The predicted molar refractivity (Wildman–Crippen MR) is 114 cm³/mol. The third-order valence-corrected chi connectivity index (χ3v) is 4.87. The zero-order valence-corrected chi connectivity index (χ0v) is 17.8. The summed E-state index contributed by atoms with van der Waals surface area (Å²) in [5.41, 5.74) is 1.95. The van der Waals surface area contributed by atoms with Crippen LogP contribution in [0.5, 0.6) is 11.5 Å². The number of hydrogen-bond donors (Lipinski definition) is 2. The standard InChI is InChI=1S/C20H25Cl3N2O2/c1-3-26-19-11-15(12-25-8-4-7-24-2)10-18(23)20(19)27-13-14-5-6-16(21)17(22)9-14/h5-6,9-11,24-25H,3-4,7-8,12-13H2,1-2H3. The van der Waals surface area contributed by atoms with E-state index in [4.69, 9.17) is 44.3 Å². The Morgan fingerprint density at radius 2 is 1.67 bits per heavy atom. The first kappa shape index (κ1) is 22.1. The summed E-state index contributed by atoms with van der Waals surface area (Å²) in [4.78, 5) is 0. The monoisotopic (exact) mass is 430 g/mol. The molecule has 0 fully saturated rings. The van der Waals surface area contributed by atoms with E-state index in [1.165, 1.54) is 0 Å². The molecule has 7 heteroatoms. The molecule has 0 unspecified atom stereocenters. The lowest BCUT2D eigenvalue weighted by molar-refractivity contribution is 0.269. The minimum atomic E-state index is 0.318. The number of hydrogen-bond acceptors (Lipinski definition) is 4. The number of nitrogens with one attached hydrogen (secondary N) is 2. The minimum absolute atomic E-state index is 0.318. The predicted octanol–water partition coefficient (Wildman–Crippen LogP) is 5.32. The van der Waals surface area contributed by atoms with Gasteiger partial charge in [0.05, 0.1) is 21.7 Å². The Hall–Kier alpha value is -1.17. The smallest absolute Gasteiger partial charge is 0.180 e. The Morgan fingerprint density at radius 3 is 2.37 bits per heavy atom. The van der Waals surface area contributed by atoms with Crippen LogP contribution in [-0.4, -0.2) is 26.7 Å². The van der Waals surface area contributed by atoms with Crippen LogP contribution in [0.2, 0.25) is 15.1 Å². The minimum Gasteiger partial charge on any atom is -0.490 e. The lowest BCUT2D eigenvalue weighted by Crippen LogP contribution is -2.19. The fraction of sp³-hybridized carbons (Fsp3) is 0.400. The van der Waals surface area contributed by atoms with E-state index in [2.05, 4.69) is 10.6 Å². The van der Waals surface area contributed by atoms with E-state index in [9.17, 15) is 0 Å². The highest BCUT2D eigenvalue weighted by molar-refractivity contribution is 6.42. The van der Waals surface area contributed by atoms with Crippen molar-refractivity contribution in [2.24, 2.45) is 0 Å². The van der Waals surface area contributed by atoms with Crippen molar-refractivity contribution >= 4 is 34.8 Å². The molecule has 0 heterocycles. The van der Waals surface area contributed by atoms with Crippen molar-refractivity contribution in [1.29, 1.82) is 0 Å². The van der Waals surface area contributed by atoms with E-state index >= 15 is 0 Å². The largest absolute Gasteiger partial charge is 0.490 e. The van der Waals surface area contributed by atoms with Crippen LogP contribution in [0, 0.1) is 0 Å². The van der Waals surface area contributed by atoms with Crippen molar-refractivity contribution < 1.29 is 9.47 Å². The van der Waals surface area contributed by atoms with Crippen LogP contribution < -0.4 is 20.1 Å². The fourth-order valence-corrected chi connectivity index (χ4v) is 3.14. The molecule has 0 spiro atoms. The summed E-state index contributed by atoms with van der Waals surface area (Å²) in [5.74, 6) is 1.17. The maximum atomic E-state index is 6.47. The first-order valence-electron chi connectivity index (χ1n) is 8.92. The molecule has 0 saturated carbocycles. The van der Waals surface area contributed by atoms with Crippen LogP contribution >= 0.6 is 34.8 Å². The molecule has 148 valence electrons. The van der Waals surface area contributed by atoms with Gasteiger partial charge in [0.25, 0.3) is 0 Å². The van der Waals surface area contributed by atoms with E-state index in [1.54, 1.807) is 12.1 Å². The molecule has 0 aliphatic heterocycles. The van der Waals surface area contributed by atoms with Crippen LogP contribution in [0.4, 0.5) is 0 Å². The van der Waals surface area contributed by atoms with Crippen molar-refractivity contribution in [3.63, 3.8) is 0 Å². The first-order chi connectivity index (χ1) is 13.0. The van der Waals surface area contributed by atoms with Crippen molar-refractivity contribution in [2.75, 3.05) is 26.7 Å². The highest BCUT2D eigenvalue weighted by Gasteiger charge is 2.13. The van der Waals surface area contributed by atoms with Crippen LogP contribution in [0.3, 0.4) is 0 Å². The second-order valence-electron chi connectivity index (χ2n) is 6.01. The second kappa shape index (κ2) is 11.6. The van der Waals surface area contributed by atoms with Gasteiger partial charge in [-0.2, -0.15) is 0 Å². The molecule has 0 aromatic heterocycles. The Labute approximate surface area is 176 Å². The Balaban J connectivity index is 2.06. The van der Waals surface area contributed by atoms with Gasteiger partial charge < -0.3 is 20.1 Å². The van der Waals surface area contributed by atoms with E-state index in [0.29, 0.717) is 39.8 Å². The number of rotatable bonds is 11. The van der Waals surface area contributed by atoms with E-state index in [-0.39, 0.29) is 0 Å². The van der Waals surface area contributed by atoms with Gasteiger partial charge in [-0.3, -0.25) is 0 Å². The normalized spacial score (nSPS) is 10.9. The molecule has 27 heavy (non-hydrogen) atoms. The first-order valence-corrected chi connectivity index (χ1v) is 10.1. The molecule has 0 radical (unpaired) electrons. The third kappa shape index (κ3) is 7.05. The maximum Gasteiger partial charge on any atom is 0.180 e. The molecular formula is C20H25Cl3N2O2. The lowest BCUT2D eigenvalue weighted by Gasteiger charge is -2.16. The van der Waals surface area contributed by atoms with Crippen LogP contribution in [-0.2, 0) is 13.2 Å². The highest BCUT2D eigenvalue weighted by atomic mass is 35.5. The van der Waals surface area contributed by atoms with Crippen molar-refractivity contribution in [1.82, 2.24) is 10.6 Å². The molecule has 2 aromatic carbocycles. The Morgan fingerprint density at radius 1 is 0.889 bits per heavy atom. The van der Waals surface area contributed by atoms with E-state index in [0.717, 1.165) is 37.2 Å². The van der Waals surface area contributed by atoms with Gasteiger partial charge >= 0.3 is 0 Å². The summed E-state index contributed by atoms with van der Waals surface area (Å²) >= 11 is 18.5. The molecule has 2 aromatic rings. The zero-order chi connectivity index (χ0) is 19.6. The van der Waals surface area contributed by atoms with Gasteiger partial charge in [-0.25, -0.2) is 0 Å². The van der Waals surface area contributed by atoms with Gasteiger partial charge in [-0.15, -0.1) is 0 Å². The summed E-state index contributed by atoms with van der Waals surface area (Å²) < 4.78 is 11.7. The zero-order valence-electron chi connectivity index (χ0n) is 15.6. The van der Waals surface area contributed by atoms with Crippen molar-refractivity contribution in [2.45, 2.75) is 26.5 Å². The average molecular weight is 432 g/mol. The summed E-state index contributed by atoms with van der Waals surface area (Å²) in [6, 6.07) is 9.26. The summed E-state index contributed by atoms with van der Waals surface area (Å²) in [5, 5.41) is 8.06. The molecule has 0 aliphatic rings. The van der Waals surface area contributed by atoms with E-state index in [1.807, 2.05) is 32.2 Å². The molecule has 0 amide bonds. The molecule has 0 saturated heterocycles. The van der Waals surface area contributed by atoms with Crippen molar-refractivity contribution in [3.8, 4) is 11.5 Å². The van der Waals surface area contributed by atoms with Gasteiger partial charge in [-0.05, 0) is 68.9 Å². The number of ether oxygens (including phenoxy) is 2. The molecular weight excluding hydrogens is 407 g/mol. The quantitative estimate of drug-likeness (QED) is 0.472. The van der Waals surface area contributed by atoms with Crippen LogP contribution in [0.15, 0.2) is 30.3 Å². The summed E-state index contributed by atoms with van der Waals surface area (Å²) in [7, 11) is 1.95. The SMILES string of the molecule is CCOc1cc(CNCCCNC)cc(Cl)c1OCc1ccc(Cl)c(Cl)c1. The Kier molecular flexibility index (Phi) is 9.52. The van der Waals surface area contributed by atoms with Gasteiger partial charge in [-0.1, -0.05) is 40.9 Å². The molecule has 2 N–H and O–H groups in total. The third-order valence-electron chi connectivity index (χ3n) is 3.85. The summed E-state index contributed by atoms with van der Waals surface area (Å²) in [6.45, 7) is 5.41. The Bertz CT molecular complexity index is 741. The van der Waals surface area contributed by atoms with Gasteiger partial charge in [0.1, 0.15) is 6.61 Å². The van der Waals surface area contributed by atoms with Gasteiger partial charge in [0, 0.05) is 6.54 Å². The molecule has 0 bridgehead atoms. The average Bonchev–Trinajstić information content (AvgIpc) is 2.64. The highest BCUT2D eigenvalue weighted by Crippen LogP contribution is 2.37. The van der Waals surface area contributed by atoms with Gasteiger partial charge in [0.15, 0.2) is 11.5 Å². The van der Waals surface area contributed by atoms with Crippen molar-refractivity contribution in [3.05, 3.63) is 56.5 Å². The fourth-order valence-electron chi connectivity index (χ4n) is 2.53. The summed E-state index contributed by atoms with van der Waals surface area (Å²) in [6.07, 6.45) is 1.06. The molecule has 2 rings (SSSR count). The number of benzene rings is 2. The molecule has 0 aliphatic carbocycles. The molecule has 4 nitrogen and oxygen atoms in total. The molecule has 0 atom stereocenters. The van der Waals surface area contributed by atoms with Crippen LogP contribution in [0.1, 0.15) is 24.5 Å². The maximum absolute atomic E-state index is 6.47.